The van der Waals surface area contributed by atoms with Crippen LogP contribution in [0.1, 0.15) is 15.9 Å². The molecule has 0 atom stereocenters. The van der Waals surface area contributed by atoms with Crippen molar-refractivity contribution in [3.8, 4) is 17.2 Å². The first-order chi connectivity index (χ1) is 11.5. The van der Waals surface area contributed by atoms with Gasteiger partial charge in [0.05, 0.1) is 31.0 Å². The maximum Gasteiger partial charge on any atom is 0.275 e. The van der Waals surface area contributed by atoms with Crippen LogP contribution < -0.4 is 14.9 Å². The first kappa shape index (κ1) is 18.1. The zero-order valence-electron chi connectivity index (χ0n) is 12.8. The molecular formula is C16H14BrClN2O4. The summed E-state index contributed by atoms with van der Waals surface area (Å²) >= 11 is 9.19. The fourth-order valence-electron chi connectivity index (χ4n) is 1.91. The van der Waals surface area contributed by atoms with E-state index in [2.05, 4.69) is 26.5 Å². The van der Waals surface area contributed by atoms with E-state index in [4.69, 9.17) is 21.1 Å². The molecule has 0 aliphatic rings. The molecule has 0 spiro atoms. The van der Waals surface area contributed by atoms with Gasteiger partial charge in [0.25, 0.3) is 5.91 Å². The summed E-state index contributed by atoms with van der Waals surface area (Å²) in [5.74, 6) is 0.0599. The van der Waals surface area contributed by atoms with Gasteiger partial charge in [0.15, 0.2) is 11.5 Å². The second kappa shape index (κ2) is 8.03. The number of hydrogen-bond acceptors (Lipinski definition) is 5. The average molecular weight is 414 g/mol. The first-order valence-corrected chi connectivity index (χ1v) is 7.86. The first-order valence-electron chi connectivity index (χ1n) is 6.69. The maximum absolute atomic E-state index is 12.2. The average Bonchev–Trinajstić information content (AvgIpc) is 2.57. The number of phenols is 1. The van der Waals surface area contributed by atoms with Crippen molar-refractivity contribution < 1.29 is 19.4 Å². The molecule has 0 saturated heterocycles. The molecule has 1 amide bonds. The minimum Gasteiger partial charge on any atom is -0.503 e. The number of aromatic hydroxyl groups is 1. The van der Waals surface area contributed by atoms with E-state index in [1.54, 1.807) is 18.2 Å². The van der Waals surface area contributed by atoms with Crippen molar-refractivity contribution in [2.75, 3.05) is 14.2 Å². The van der Waals surface area contributed by atoms with Crippen LogP contribution >= 0.6 is 27.5 Å². The van der Waals surface area contributed by atoms with Gasteiger partial charge in [0, 0.05) is 4.47 Å². The van der Waals surface area contributed by atoms with Crippen LogP contribution in [0.2, 0.25) is 5.02 Å². The highest BCUT2D eigenvalue weighted by Gasteiger charge is 2.12. The zero-order chi connectivity index (χ0) is 17.7. The van der Waals surface area contributed by atoms with Gasteiger partial charge in [-0.15, -0.1) is 0 Å². The lowest BCUT2D eigenvalue weighted by atomic mass is 10.2. The molecule has 2 N–H and O–H groups in total. The van der Waals surface area contributed by atoms with Crippen molar-refractivity contribution >= 4 is 39.7 Å². The molecule has 0 radical (unpaired) electrons. The standard InChI is InChI=1S/C16H14BrClN2O4/c1-23-13-4-3-10(17)7-11(13)16(22)20-19-8-9-5-12(18)15(21)14(6-9)24-2/h3-8,21H,1-2H3,(H,20,22)/b19-8-. The Hall–Kier alpha value is -2.25. The van der Waals surface area contributed by atoms with Crippen molar-refractivity contribution in [1.82, 2.24) is 5.43 Å². The van der Waals surface area contributed by atoms with Crippen LogP contribution in [0.4, 0.5) is 0 Å². The quantitative estimate of drug-likeness (QED) is 0.580. The number of nitrogens with one attached hydrogen (secondary N) is 1. The lowest BCUT2D eigenvalue weighted by Crippen LogP contribution is -2.18. The van der Waals surface area contributed by atoms with E-state index in [9.17, 15) is 9.90 Å². The van der Waals surface area contributed by atoms with E-state index in [1.165, 1.54) is 32.6 Å². The Balaban J connectivity index is 2.16. The molecule has 0 fully saturated rings. The predicted molar refractivity (Wildman–Crippen MR) is 95.4 cm³/mol. The summed E-state index contributed by atoms with van der Waals surface area (Å²) in [6.07, 6.45) is 1.39. The molecule has 0 heterocycles. The second-order valence-corrected chi connectivity index (χ2v) is 5.92. The van der Waals surface area contributed by atoms with E-state index in [-0.39, 0.29) is 16.5 Å². The number of phenolic OH excluding ortho intramolecular Hbond substituents is 1. The van der Waals surface area contributed by atoms with Crippen molar-refractivity contribution in [2.24, 2.45) is 5.10 Å². The van der Waals surface area contributed by atoms with E-state index >= 15 is 0 Å². The van der Waals surface area contributed by atoms with Crippen LogP contribution in [0.5, 0.6) is 17.2 Å². The number of hydrazone groups is 1. The van der Waals surface area contributed by atoms with Gasteiger partial charge in [-0.1, -0.05) is 27.5 Å². The summed E-state index contributed by atoms with van der Waals surface area (Å²) in [6, 6.07) is 8.10. The molecule has 0 bridgehead atoms. The molecule has 2 aromatic rings. The molecule has 126 valence electrons. The third-order valence-electron chi connectivity index (χ3n) is 3.06. The molecule has 0 unspecified atom stereocenters. The van der Waals surface area contributed by atoms with Gasteiger partial charge in [-0.05, 0) is 35.9 Å². The van der Waals surface area contributed by atoms with Gasteiger partial charge in [-0.25, -0.2) is 5.43 Å². The molecular weight excluding hydrogens is 400 g/mol. The van der Waals surface area contributed by atoms with Crippen molar-refractivity contribution in [1.29, 1.82) is 0 Å². The van der Waals surface area contributed by atoms with Crippen LogP contribution in [-0.4, -0.2) is 31.4 Å². The Bertz CT molecular complexity index is 796. The smallest absolute Gasteiger partial charge is 0.275 e. The summed E-state index contributed by atoms with van der Waals surface area (Å²) in [5, 5.41) is 13.7. The monoisotopic (exact) mass is 412 g/mol. The molecule has 0 aliphatic carbocycles. The zero-order valence-corrected chi connectivity index (χ0v) is 15.2. The highest BCUT2D eigenvalue weighted by atomic mass is 79.9. The maximum atomic E-state index is 12.2. The Kier molecular flexibility index (Phi) is 6.05. The number of ether oxygens (including phenoxy) is 2. The number of rotatable bonds is 5. The fourth-order valence-corrected chi connectivity index (χ4v) is 2.49. The van der Waals surface area contributed by atoms with Gasteiger partial charge in [-0.3, -0.25) is 4.79 Å². The van der Waals surface area contributed by atoms with Crippen LogP contribution in [0.25, 0.3) is 0 Å². The Morgan fingerprint density at radius 1 is 1.25 bits per heavy atom. The largest absolute Gasteiger partial charge is 0.503 e. The highest BCUT2D eigenvalue weighted by Crippen LogP contribution is 2.34. The molecule has 0 saturated carbocycles. The van der Waals surface area contributed by atoms with E-state index in [0.717, 1.165) is 4.47 Å². The number of nitrogens with zero attached hydrogens (tertiary/aromatic N) is 1. The Morgan fingerprint density at radius 2 is 1.96 bits per heavy atom. The topological polar surface area (TPSA) is 80.2 Å². The minimum absolute atomic E-state index is 0.121. The fraction of sp³-hybridized carbons (Fsp3) is 0.125. The van der Waals surface area contributed by atoms with Crippen molar-refractivity contribution in [3.63, 3.8) is 0 Å². The summed E-state index contributed by atoms with van der Waals surface area (Å²) in [5.41, 5.74) is 3.29. The second-order valence-electron chi connectivity index (χ2n) is 4.60. The van der Waals surface area contributed by atoms with E-state index in [1.807, 2.05) is 0 Å². The van der Waals surface area contributed by atoms with Crippen LogP contribution in [0, 0.1) is 0 Å². The summed E-state index contributed by atoms with van der Waals surface area (Å²) < 4.78 is 10.9. The van der Waals surface area contributed by atoms with E-state index < -0.39 is 5.91 Å². The lowest BCUT2D eigenvalue weighted by Gasteiger charge is -2.08. The number of hydrogen-bond donors (Lipinski definition) is 2. The van der Waals surface area contributed by atoms with Crippen molar-refractivity contribution in [3.05, 3.63) is 51.0 Å². The van der Waals surface area contributed by atoms with Gasteiger partial charge in [-0.2, -0.15) is 5.10 Å². The Morgan fingerprint density at radius 3 is 2.62 bits per heavy atom. The van der Waals surface area contributed by atoms with Gasteiger partial charge in [0.2, 0.25) is 0 Å². The van der Waals surface area contributed by atoms with Crippen LogP contribution in [0.3, 0.4) is 0 Å². The van der Waals surface area contributed by atoms with Crippen LogP contribution in [0.15, 0.2) is 39.9 Å². The number of methoxy groups -OCH3 is 2. The molecule has 24 heavy (non-hydrogen) atoms. The minimum atomic E-state index is -0.429. The number of carbonyl (C=O) groups excluding carboxylic acids is 1. The van der Waals surface area contributed by atoms with Gasteiger partial charge >= 0.3 is 0 Å². The summed E-state index contributed by atoms with van der Waals surface area (Å²) in [4.78, 5) is 12.2. The molecule has 6 nitrogen and oxygen atoms in total. The number of carbonyl (C=O) groups is 1. The lowest BCUT2D eigenvalue weighted by molar-refractivity contribution is 0.0952. The molecule has 0 aliphatic heterocycles. The summed E-state index contributed by atoms with van der Waals surface area (Å²) in [7, 11) is 2.89. The van der Waals surface area contributed by atoms with Gasteiger partial charge < -0.3 is 14.6 Å². The molecule has 8 heteroatoms. The Labute approximate surface area is 152 Å². The number of benzene rings is 2. The SMILES string of the molecule is COc1ccc(Br)cc1C(=O)N/N=C\c1cc(Cl)c(O)c(OC)c1. The normalized spacial score (nSPS) is 10.7. The van der Waals surface area contributed by atoms with Crippen LogP contribution in [-0.2, 0) is 0 Å². The number of amides is 1. The van der Waals surface area contributed by atoms with E-state index in [0.29, 0.717) is 16.9 Å². The molecule has 2 aromatic carbocycles. The predicted octanol–water partition coefficient (Wildman–Crippen LogP) is 3.59. The third kappa shape index (κ3) is 4.18. The van der Waals surface area contributed by atoms with Crippen molar-refractivity contribution in [2.45, 2.75) is 0 Å². The molecule has 0 aromatic heterocycles. The highest BCUT2D eigenvalue weighted by molar-refractivity contribution is 9.10. The summed E-state index contributed by atoms with van der Waals surface area (Å²) in [6.45, 7) is 0. The number of halogens is 2. The van der Waals surface area contributed by atoms with Gasteiger partial charge in [0.1, 0.15) is 5.75 Å². The third-order valence-corrected chi connectivity index (χ3v) is 3.84. The molecule has 2 rings (SSSR count).